The molecule has 18 heavy (non-hydrogen) atoms. The molecule has 0 atom stereocenters. The van der Waals surface area contributed by atoms with Gasteiger partial charge >= 0.3 is 5.97 Å². The summed E-state index contributed by atoms with van der Waals surface area (Å²) in [5, 5.41) is 8.78. The lowest BCUT2D eigenvalue weighted by molar-refractivity contribution is 0.0696. The van der Waals surface area contributed by atoms with E-state index in [2.05, 4.69) is 0 Å². The van der Waals surface area contributed by atoms with E-state index in [0.29, 0.717) is 11.1 Å². The van der Waals surface area contributed by atoms with Crippen LogP contribution in [0.3, 0.4) is 0 Å². The molecule has 3 heteroatoms. The summed E-state index contributed by atoms with van der Waals surface area (Å²) >= 11 is 0. The molecule has 3 nitrogen and oxygen atoms in total. The summed E-state index contributed by atoms with van der Waals surface area (Å²) in [6.45, 7) is 1.95. The highest BCUT2D eigenvalue weighted by atomic mass is 16.4. The van der Waals surface area contributed by atoms with Crippen LogP contribution in [0.5, 0.6) is 0 Å². The van der Waals surface area contributed by atoms with Crippen molar-refractivity contribution in [3.63, 3.8) is 0 Å². The number of carboxylic acid groups (broad SMARTS) is 1. The molecule has 0 saturated carbocycles. The van der Waals surface area contributed by atoms with Crippen molar-refractivity contribution in [3.05, 3.63) is 70.8 Å². The van der Waals surface area contributed by atoms with E-state index in [1.54, 1.807) is 12.1 Å². The second kappa shape index (κ2) is 4.84. The van der Waals surface area contributed by atoms with E-state index in [9.17, 15) is 9.59 Å². The number of aromatic carboxylic acids is 1. The topological polar surface area (TPSA) is 54.4 Å². The summed E-state index contributed by atoms with van der Waals surface area (Å²) in [7, 11) is 0. The predicted octanol–water partition coefficient (Wildman–Crippen LogP) is 2.92. The molecule has 0 aliphatic rings. The first-order chi connectivity index (χ1) is 8.58. The minimum atomic E-state index is -0.996. The van der Waals surface area contributed by atoms with Crippen molar-refractivity contribution in [1.82, 2.24) is 0 Å². The van der Waals surface area contributed by atoms with Gasteiger partial charge in [0.05, 0.1) is 5.56 Å². The Hall–Kier alpha value is -2.42. The maximum atomic E-state index is 12.1. The van der Waals surface area contributed by atoms with Crippen molar-refractivity contribution in [2.45, 2.75) is 6.92 Å². The Balaban J connectivity index is 2.28. The SMILES string of the molecule is Cc1ccc(C(=O)c2ccc(C(=O)O)cc2)cc1. The first-order valence-electron chi connectivity index (χ1n) is 5.52. The fourth-order valence-electron chi connectivity index (χ4n) is 1.64. The van der Waals surface area contributed by atoms with Gasteiger partial charge in [-0.3, -0.25) is 4.79 Å². The number of ketones is 1. The van der Waals surface area contributed by atoms with Crippen molar-refractivity contribution in [3.8, 4) is 0 Å². The van der Waals surface area contributed by atoms with Crippen LogP contribution in [0.1, 0.15) is 31.8 Å². The van der Waals surface area contributed by atoms with Crippen LogP contribution in [0.2, 0.25) is 0 Å². The van der Waals surface area contributed by atoms with Crippen LogP contribution in [-0.4, -0.2) is 16.9 Å². The highest BCUT2D eigenvalue weighted by Crippen LogP contribution is 2.12. The Kier molecular flexibility index (Phi) is 3.24. The lowest BCUT2D eigenvalue weighted by Crippen LogP contribution is -2.02. The van der Waals surface area contributed by atoms with Crippen molar-refractivity contribution in [2.75, 3.05) is 0 Å². The molecule has 0 aromatic heterocycles. The van der Waals surface area contributed by atoms with Gasteiger partial charge in [-0.25, -0.2) is 4.79 Å². The van der Waals surface area contributed by atoms with Crippen molar-refractivity contribution >= 4 is 11.8 Å². The molecule has 0 amide bonds. The minimum absolute atomic E-state index is 0.105. The molecule has 0 heterocycles. The van der Waals surface area contributed by atoms with Crippen LogP contribution < -0.4 is 0 Å². The summed E-state index contributed by atoms with van der Waals surface area (Å²) in [6, 6.07) is 13.2. The molecule has 0 aliphatic carbocycles. The van der Waals surface area contributed by atoms with Crippen molar-refractivity contribution < 1.29 is 14.7 Å². The largest absolute Gasteiger partial charge is 0.478 e. The number of hydrogen-bond acceptors (Lipinski definition) is 2. The molecule has 2 rings (SSSR count). The second-order valence-electron chi connectivity index (χ2n) is 4.08. The summed E-state index contributed by atoms with van der Waals surface area (Å²) in [4.78, 5) is 22.8. The first-order valence-corrected chi connectivity index (χ1v) is 5.52. The van der Waals surface area contributed by atoms with Gasteiger partial charge in [-0.2, -0.15) is 0 Å². The normalized spacial score (nSPS) is 10.1. The number of benzene rings is 2. The molecule has 2 aromatic rings. The number of aryl methyl sites for hydroxylation is 1. The van der Waals surface area contributed by atoms with E-state index in [4.69, 9.17) is 5.11 Å². The van der Waals surface area contributed by atoms with Crippen LogP contribution in [-0.2, 0) is 0 Å². The van der Waals surface area contributed by atoms with Crippen LogP contribution in [0.25, 0.3) is 0 Å². The lowest BCUT2D eigenvalue weighted by Gasteiger charge is -2.02. The molecular formula is C15H12O3. The average molecular weight is 240 g/mol. The minimum Gasteiger partial charge on any atom is -0.478 e. The van der Waals surface area contributed by atoms with E-state index >= 15 is 0 Å². The van der Waals surface area contributed by atoms with Gasteiger partial charge < -0.3 is 5.11 Å². The highest BCUT2D eigenvalue weighted by molar-refractivity contribution is 6.09. The number of hydrogen-bond donors (Lipinski definition) is 1. The second-order valence-corrected chi connectivity index (χ2v) is 4.08. The molecule has 0 spiro atoms. The third-order valence-electron chi connectivity index (χ3n) is 2.71. The van der Waals surface area contributed by atoms with Crippen LogP contribution in [0.4, 0.5) is 0 Å². The maximum Gasteiger partial charge on any atom is 0.335 e. The van der Waals surface area contributed by atoms with E-state index < -0.39 is 5.97 Å². The molecule has 1 N–H and O–H groups in total. The van der Waals surface area contributed by atoms with Crippen LogP contribution in [0.15, 0.2) is 48.5 Å². The maximum absolute atomic E-state index is 12.1. The summed E-state index contributed by atoms with van der Waals surface area (Å²) in [6.07, 6.45) is 0. The van der Waals surface area contributed by atoms with Gasteiger partial charge in [-0.1, -0.05) is 42.0 Å². The van der Waals surface area contributed by atoms with Crippen LogP contribution >= 0.6 is 0 Å². The number of carbonyl (C=O) groups is 2. The third kappa shape index (κ3) is 2.46. The quantitative estimate of drug-likeness (QED) is 0.839. The Morgan fingerprint density at radius 3 is 1.61 bits per heavy atom. The number of carbonyl (C=O) groups excluding carboxylic acids is 1. The first kappa shape index (κ1) is 12.0. The van der Waals surface area contributed by atoms with Crippen LogP contribution in [0, 0.1) is 6.92 Å². The van der Waals surface area contributed by atoms with E-state index in [1.807, 2.05) is 19.1 Å². The van der Waals surface area contributed by atoms with Gasteiger partial charge in [0.2, 0.25) is 0 Å². The molecule has 2 aromatic carbocycles. The molecular weight excluding hydrogens is 228 g/mol. The van der Waals surface area contributed by atoms with Gasteiger partial charge in [0.15, 0.2) is 5.78 Å². The van der Waals surface area contributed by atoms with Gasteiger partial charge in [-0.05, 0) is 19.1 Å². The Morgan fingerprint density at radius 1 is 0.778 bits per heavy atom. The summed E-state index contributed by atoms with van der Waals surface area (Å²) < 4.78 is 0. The fourth-order valence-corrected chi connectivity index (χ4v) is 1.64. The lowest BCUT2D eigenvalue weighted by atomic mass is 10.0. The molecule has 0 unspecified atom stereocenters. The Bertz CT molecular complexity index is 580. The Labute approximate surface area is 105 Å². The molecule has 0 fully saturated rings. The zero-order chi connectivity index (χ0) is 13.1. The molecule has 0 saturated heterocycles. The van der Waals surface area contributed by atoms with E-state index in [0.717, 1.165) is 5.56 Å². The van der Waals surface area contributed by atoms with E-state index in [1.165, 1.54) is 24.3 Å². The Morgan fingerprint density at radius 2 is 1.17 bits per heavy atom. The molecule has 0 bridgehead atoms. The predicted molar refractivity (Wildman–Crippen MR) is 68.0 cm³/mol. The third-order valence-corrected chi connectivity index (χ3v) is 2.71. The van der Waals surface area contributed by atoms with Gasteiger partial charge in [0, 0.05) is 11.1 Å². The average Bonchev–Trinajstić information content (AvgIpc) is 2.39. The number of rotatable bonds is 3. The molecule has 0 radical (unpaired) electrons. The zero-order valence-electron chi connectivity index (χ0n) is 9.88. The fraction of sp³-hybridized carbons (Fsp3) is 0.0667. The number of carboxylic acids is 1. The summed E-state index contributed by atoms with van der Waals surface area (Å²) in [5.74, 6) is -1.10. The van der Waals surface area contributed by atoms with Crippen molar-refractivity contribution in [1.29, 1.82) is 0 Å². The van der Waals surface area contributed by atoms with E-state index in [-0.39, 0.29) is 11.3 Å². The zero-order valence-corrected chi connectivity index (χ0v) is 9.88. The van der Waals surface area contributed by atoms with Gasteiger partial charge in [0.25, 0.3) is 0 Å². The molecule has 90 valence electrons. The van der Waals surface area contributed by atoms with Crippen molar-refractivity contribution in [2.24, 2.45) is 0 Å². The smallest absolute Gasteiger partial charge is 0.335 e. The van der Waals surface area contributed by atoms with Gasteiger partial charge in [-0.15, -0.1) is 0 Å². The molecule has 0 aliphatic heterocycles. The standard InChI is InChI=1S/C15H12O3/c1-10-2-4-11(5-3-10)14(16)12-6-8-13(9-7-12)15(17)18/h2-9H,1H3,(H,17,18). The highest BCUT2D eigenvalue weighted by Gasteiger charge is 2.09. The summed E-state index contributed by atoms with van der Waals surface area (Å²) in [5.41, 5.74) is 2.36. The monoisotopic (exact) mass is 240 g/mol. The van der Waals surface area contributed by atoms with Gasteiger partial charge in [0.1, 0.15) is 0 Å².